The molecule has 0 saturated carbocycles. The van der Waals surface area contributed by atoms with E-state index in [1.54, 1.807) is 26.0 Å². The van der Waals surface area contributed by atoms with Crippen LogP contribution in [0.2, 0.25) is 0 Å². The molecule has 0 bridgehead atoms. The predicted octanol–water partition coefficient (Wildman–Crippen LogP) is 1.76. The van der Waals surface area contributed by atoms with Gasteiger partial charge in [0.25, 0.3) is 5.89 Å². The van der Waals surface area contributed by atoms with Crippen LogP contribution in [0.1, 0.15) is 38.9 Å². The van der Waals surface area contributed by atoms with Crippen LogP contribution in [0.4, 0.5) is 5.69 Å². The van der Waals surface area contributed by atoms with Crippen LogP contribution >= 0.6 is 0 Å². The van der Waals surface area contributed by atoms with Gasteiger partial charge in [0, 0.05) is 38.2 Å². The zero-order chi connectivity index (χ0) is 22.6. The molecule has 168 valence electrons. The topological polar surface area (TPSA) is 123 Å². The lowest BCUT2D eigenvalue weighted by Gasteiger charge is -2.20. The van der Waals surface area contributed by atoms with Crippen LogP contribution in [0, 0.1) is 5.92 Å². The molecule has 0 N–H and O–H groups in total. The van der Waals surface area contributed by atoms with Gasteiger partial charge < -0.3 is 14.2 Å². The molecule has 0 aliphatic carbocycles. The lowest BCUT2D eigenvalue weighted by atomic mass is 10.1. The number of rotatable bonds is 9. The number of carbonyl (C=O) groups is 2. The number of benzene rings is 1. The fourth-order valence-electron chi connectivity index (χ4n) is 3.37. The molecule has 31 heavy (non-hydrogen) atoms. The van der Waals surface area contributed by atoms with Crippen molar-refractivity contribution in [3.8, 4) is 0 Å². The SMILES string of the molecule is CCc1noc(COC(=O)C2CC(=O)N(c3ccc(S(=O)(=O)N(CC)CC)cc3)C2)n1. The Morgan fingerprint density at radius 3 is 2.48 bits per heavy atom. The Morgan fingerprint density at radius 1 is 1.23 bits per heavy atom. The number of nitrogens with zero attached hydrogens (tertiary/aromatic N) is 4. The molecule has 1 aromatic carbocycles. The molecule has 1 amide bonds. The maximum absolute atomic E-state index is 12.6. The van der Waals surface area contributed by atoms with Crippen LogP contribution < -0.4 is 4.90 Å². The first kappa shape index (κ1) is 22.9. The van der Waals surface area contributed by atoms with E-state index in [0.29, 0.717) is 31.0 Å². The van der Waals surface area contributed by atoms with Crippen LogP contribution in [0.3, 0.4) is 0 Å². The Kier molecular flexibility index (Phi) is 7.06. The van der Waals surface area contributed by atoms with Gasteiger partial charge in [-0.2, -0.15) is 9.29 Å². The van der Waals surface area contributed by atoms with E-state index in [2.05, 4.69) is 10.1 Å². The fourth-order valence-corrected chi connectivity index (χ4v) is 4.83. The fraction of sp³-hybridized carbons (Fsp3) is 0.500. The zero-order valence-electron chi connectivity index (χ0n) is 17.8. The highest BCUT2D eigenvalue weighted by Gasteiger charge is 2.36. The molecule has 0 radical (unpaired) electrons. The number of carbonyl (C=O) groups excluding carboxylic acids is 2. The van der Waals surface area contributed by atoms with Gasteiger partial charge in [0.05, 0.1) is 10.8 Å². The predicted molar refractivity (Wildman–Crippen MR) is 110 cm³/mol. The average molecular weight is 451 g/mol. The molecule has 1 atom stereocenters. The minimum atomic E-state index is -3.58. The van der Waals surface area contributed by atoms with Gasteiger partial charge in [-0.15, -0.1) is 0 Å². The molecule has 1 saturated heterocycles. The van der Waals surface area contributed by atoms with Crippen molar-refractivity contribution in [2.45, 2.75) is 45.1 Å². The Morgan fingerprint density at radius 2 is 1.90 bits per heavy atom. The normalized spacial score (nSPS) is 16.8. The van der Waals surface area contributed by atoms with Gasteiger partial charge in [-0.3, -0.25) is 9.59 Å². The number of esters is 1. The summed E-state index contributed by atoms with van der Waals surface area (Å²) < 4.78 is 36.8. The van der Waals surface area contributed by atoms with Crippen molar-refractivity contribution in [2.24, 2.45) is 5.92 Å². The van der Waals surface area contributed by atoms with Gasteiger partial charge in [0.2, 0.25) is 15.9 Å². The minimum Gasteiger partial charge on any atom is -0.455 e. The first-order valence-electron chi connectivity index (χ1n) is 10.2. The lowest BCUT2D eigenvalue weighted by Crippen LogP contribution is -2.30. The summed E-state index contributed by atoms with van der Waals surface area (Å²) in [5.41, 5.74) is 0.531. The molecule has 3 rings (SSSR count). The maximum atomic E-state index is 12.6. The van der Waals surface area contributed by atoms with Gasteiger partial charge >= 0.3 is 5.97 Å². The molecule has 2 heterocycles. The van der Waals surface area contributed by atoms with Gasteiger partial charge in [-0.25, -0.2) is 8.42 Å². The summed E-state index contributed by atoms with van der Waals surface area (Å²) in [5, 5.41) is 3.73. The van der Waals surface area contributed by atoms with E-state index in [0.717, 1.165) is 0 Å². The number of hydrogen-bond donors (Lipinski definition) is 0. The van der Waals surface area contributed by atoms with Crippen LogP contribution in [0.15, 0.2) is 33.7 Å². The maximum Gasteiger partial charge on any atom is 0.311 e. The second-order valence-electron chi connectivity index (χ2n) is 7.05. The standard InChI is InChI=1S/C20H26N4O6S/c1-4-17-21-18(30-22-17)13-29-20(26)14-11-19(25)24(12-14)15-7-9-16(10-8-15)31(27,28)23(5-2)6-3/h7-10,14H,4-6,11-13H2,1-3H3. The van der Waals surface area contributed by atoms with E-state index in [-0.39, 0.29) is 36.3 Å². The van der Waals surface area contributed by atoms with Gasteiger partial charge in [-0.1, -0.05) is 25.9 Å². The van der Waals surface area contributed by atoms with E-state index >= 15 is 0 Å². The number of aromatic nitrogens is 2. The smallest absolute Gasteiger partial charge is 0.311 e. The summed E-state index contributed by atoms with van der Waals surface area (Å²) in [5.74, 6) is -0.642. The highest BCUT2D eigenvalue weighted by molar-refractivity contribution is 7.89. The third kappa shape index (κ3) is 4.93. The largest absolute Gasteiger partial charge is 0.455 e. The summed E-state index contributed by atoms with van der Waals surface area (Å²) in [7, 11) is -3.58. The number of sulfonamides is 1. The van der Waals surface area contributed by atoms with Crippen molar-refractivity contribution < 1.29 is 27.3 Å². The second-order valence-corrected chi connectivity index (χ2v) is 8.99. The van der Waals surface area contributed by atoms with Gasteiger partial charge in [0.15, 0.2) is 12.4 Å². The molecule has 1 aliphatic rings. The molecule has 1 aliphatic heterocycles. The van der Waals surface area contributed by atoms with Gasteiger partial charge in [-0.05, 0) is 24.3 Å². The average Bonchev–Trinajstić information content (AvgIpc) is 3.39. The highest BCUT2D eigenvalue weighted by atomic mass is 32.2. The van der Waals surface area contributed by atoms with E-state index in [9.17, 15) is 18.0 Å². The van der Waals surface area contributed by atoms with Gasteiger partial charge in [0.1, 0.15) is 0 Å². The molecule has 2 aromatic rings. The second kappa shape index (κ2) is 9.56. The van der Waals surface area contributed by atoms with E-state index in [1.807, 2.05) is 6.92 Å². The number of hydrogen-bond acceptors (Lipinski definition) is 8. The molecule has 10 nitrogen and oxygen atoms in total. The Labute approximate surface area is 181 Å². The first-order valence-corrected chi connectivity index (χ1v) is 11.6. The third-order valence-corrected chi connectivity index (χ3v) is 7.18. The van der Waals surface area contributed by atoms with Crippen molar-refractivity contribution in [3.63, 3.8) is 0 Å². The van der Waals surface area contributed by atoms with Crippen molar-refractivity contribution in [2.75, 3.05) is 24.5 Å². The molecule has 1 aromatic heterocycles. The lowest BCUT2D eigenvalue weighted by molar-refractivity contribution is -0.150. The number of ether oxygens (including phenoxy) is 1. The molecular weight excluding hydrogens is 424 g/mol. The van der Waals surface area contributed by atoms with E-state index < -0.39 is 21.9 Å². The summed E-state index contributed by atoms with van der Waals surface area (Å²) in [6.45, 7) is 6.19. The Balaban J connectivity index is 1.63. The minimum absolute atomic E-state index is 0.0162. The Hall–Kier alpha value is -2.79. The number of anilines is 1. The summed E-state index contributed by atoms with van der Waals surface area (Å²) in [6.07, 6.45) is 0.626. The van der Waals surface area contributed by atoms with Crippen LogP contribution in [-0.2, 0) is 37.4 Å². The van der Waals surface area contributed by atoms with Crippen LogP contribution in [0.5, 0.6) is 0 Å². The molecule has 0 spiro atoms. The quantitative estimate of drug-likeness (QED) is 0.530. The Bertz CT molecular complexity index is 1030. The van der Waals surface area contributed by atoms with Crippen molar-refractivity contribution in [1.82, 2.24) is 14.4 Å². The van der Waals surface area contributed by atoms with Crippen molar-refractivity contribution in [3.05, 3.63) is 36.0 Å². The monoisotopic (exact) mass is 450 g/mol. The van der Waals surface area contributed by atoms with Crippen LogP contribution in [-0.4, -0.2) is 54.4 Å². The summed E-state index contributed by atoms with van der Waals surface area (Å²) in [4.78, 5) is 30.5. The van der Waals surface area contributed by atoms with E-state index in [4.69, 9.17) is 9.26 Å². The number of aryl methyl sites for hydroxylation is 1. The number of amides is 1. The molecule has 11 heteroatoms. The van der Waals surface area contributed by atoms with E-state index in [1.165, 1.54) is 21.3 Å². The van der Waals surface area contributed by atoms with Crippen molar-refractivity contribution >= 4 is 27.6 Å². The zero-order valence-corrected chi connectivity index (χ0v) is 18.6. The third-order valence-electron chi connectivity index (χ3n) is 5.11. The molecule has 1 fully saturated rings. The van der Waals surface area contributed by atoms with Crippen molar-refractivity contribution in [1.29, 1.82) is 0 Å². The summed E-state index contributed by atoms with van der Waals surface area (Å²) in [6, 6.07) is 6.10. The summed E-state index contributed by atoms with van der Waals surface area (Å²) >= 11 is 0. The highest BCUT2D eigenvalue weighted by Crippen LogP contribution is 2.27. The van der Waals surface area contributed by atoms with Crippen LogP contribution in [0.25, 0.3) is 0 Å². The molecular formula is C20H26N4O6S. The molecule has 1 unspecified atom stereocenters. The first-order chi connectivity index (χ1) is 14.8.